The van der Waals surface area contributed by atoms with Gasteiger partial charge in [0.2, 0.25) is 5.91 Å². The second-order valence-corrected chi connectivity index (χ2v) is 3.23. The smallest absolute Gasteiger partial charge is 0.218 e. The molecule has 70 valence electrons. The lowest BCUT2D eigenvalue weighted by Crippen LogP contribution is -2.34. The van der Waals surface area contributed by atoms with E-state index in [-0.39, 0.29) is 18.6 Å². The summed E-state index contributed by atoms with van der Waals surface area (Å²) in [6, 6.07) is 0.254. The van der Waals surface area contributed by atoms with E-state index in [2.05, 4.69) is 4.90 Å². The van der Waals surface area contributed by atoms with Crippen LogP contribution in [0.15, 0.2) is 0 Å². The largest absolute Gasteiger partial charge is 0.395 e. The molecule has 0 bridgehead atoms. The predicted octanol–water partition coefficient (Wildman–Crippen LogP) is -0.681. The van der Waals surface area contributed by atoms with Crippen molar-refractivity contribution in [2.45, 2.75) is 25.3 Å². The fourth-order valence-corrected chi connectivity index (χ4v) is 1.65. The summed E-state index contributed by atoms with van der Waals surface area (Å²) in [6.45, 7) is 1.87. The number of rotatable bonds is 4. The number of carbonyl (C=O) groups is 1. The average molecular weight is 172 g/mol. The van der Waals surface area contributed by atoms with Gasteiger partial charge in [0, 0.05) is 19.0 Å². The van der Waals surface area contributed by atoms with Crippen molar-refractivity contribution in [1.82, 2.24) is 4.90 Å². The van der Waals surface area contributed by atoms with Crippen molar-refractivity contribution in [3.63, 3.8) is 0 Å². The molecule has 3 N–H and O–H groups in total. The molecule has 1 unspecified atom stereocenters. The molecule has 0 aromatic carbocycles. The Morgan fingerprint density at radius 2 is 2.42 bits per heavy atom. The number of carbonyl (C=O) groups excluding carboxylic acids is 1. The maximum Gasteiger partial charge on any atom is 0.218 e. The quantitative estimate of drug-likeness (QED) is 0.590. The summed E-state index contributed by atoms with van der Waals surface area (Å²) >= 11 is 0. The second-order valence-electron chi connectivity index (χ2n) is 3.23. The number of likely N-dealkylation sites (tertiary alicyclic amines) is 1. The Morgan fingerprint density at radius 3 is 3.00 bits per heavy atom. The van der Waals surface area contributed by atoms with E-state index in [1.54, 1.807) is 0 Å². The number of amides is 1. The number of primary amides is 1. The molecule has 0 aromatic rings. The molecule has 0 radical (unpaired) electrons. The molecule has 4 heteroatoms. The van der Waals surface area contributed by atoms with Crippen LogP contribution in [0.2, 0.25) is 0 Å². The van der Waals surface area contributed by atoms with Gasteiger partial charge in [-0.1, -0.05) is 0 Å². The highest BCUT2D eigenvalue weighted by Crippen LogP contribution is 2.16. The fourth-order valence-electron chi connectivity index (χ4n) is 1.65. The lowest BCUT2D eigenvalue weighted by Gasteiger charge is -2.21. The van der Waals surface area contributed by atoms with Crippen LogP contribution in [0.3, 0.4) is 0 Å². The van der Waals surface area contributed by atoms with Crippen LogP contribution >= 0.6 is 0 Å². The molecule has 0 aliphatic carbocycles. The van der Waals surface area contributed by atoms with Gasteiger partial charge in [-0.25, -0.2) is 0 Å². The van der Waals surface area contributed by atoms with Crippen LogP contribution in [-0.2, 0) is 4.79 Å². The summed E-state index contributed by atoms with van der Waals surface area (Å²) in [5.41, 5.74) is 5.03. The van der Waals surface area contributed by atoms with Gasteiger partial charge >= 0.3 is 0 Å². The summed E-state index contributed by atoms with van der Waals surface area (Å²) in [5, 5.41) is 8.94. The van der Waals surface area contributed by atoms with E-state index in [1.165, 1.54) is 0 Å². The van der Waals surface area contributed by atoms with Crippen molar-refractivity contribution in [1.29, 1.82) is 0 Å². The van der Waals surface area contributed by atoms with Crippen LogP contribution in [0.25, 0.3) is 0 Å². The summed E-state index contributed by atoms with van der Waals surface area (Å²) in [4.78, 5) is 12.6. The number of aliphatic hydroxyl groups is 1. The average Bonchev–Trinajstić information content (AvgIpc) is 2.47. The maximum absolute atomic E-state index is 10.5. The van der Waals surface area contributed by atoms with E-state index in [1.807, 2.05) is 0 Å². The highest BCUT2D eigenvalue weighted by molar-refractivity contribution is 5.73. The van der Waals surface area contributed by atoms with Crippen molar-refractivity contribution in [2.75, 3.05) is 19.7 Å². The van der Waals surface area contributed by atoms with Crippen LogP contribution in [0.4, 0.5) is 0 Å². The van der Waals surface area contributed by atoms with Crippen molar-refractivity contribution >= 4 is 5.91 Å². The Hall–Kier alpha value is -0.610. The zero-order valence-corrected chi connectivity index (χ0v) is 7.20. The van der Waals surface area contributed by atoms with Crippen LogP contribution in [0, 0.1) is 0 Å². The molecule has 1 atom stereocenters. The zero-order chi connectivity index (χ0) is 8.97. The number of hydrogen-bond acceptors (Lipinski definition) is 3. The van der Waals surface area contributed by atoms with Crippen LogP contribution in [0.5, 0.6) is 0 Å². The van der Waals surface area contributed by atoms with Gasteiger partial charge in [0.1, 0.15) is 0 Å². The Morgan fingerprint density at radius 1 is 1.67 bits per heavy atom. The topological polar surface area (TPSA) is 66.6 Å². The molecule has 1 heterocycles. The van der Waals surface area contributed by atoms with Gasteiger partial charge in [-0.2, -0.15) is 0 Å². The van der Waals surface area contributed by atoms with E-state index in [0.717, 1.165) is 19.4 Å². The van der Waals surface area contributed by atoms with Crippen molar-refractivity contribution in [3.05, 3.63) is 0 Å². The van der Waals surface area contributed by atoms with E-state index >= 15 is 0 Å². The molecule has 1 aliphatic rings. The lowest BCUT2D eigenvalue weighted by molar-refractivity contribution is -0.118. The number of nitrogens with two attached hydrogens (primary N) is 1. The molecule has 0 aromatic heterocycles. The van der Waals surface area contributed by atoms with Gasteiger partial charge < -0.3 is 10.8 Å². The van der Waals surface area contributed by atoms with Crippen molar-refractivity contribution < 1.29 is 9.90 Å². The molecule has 1 saturated heterocycles. The first-order valence-electron chi connectivity index (χ1n) is 4.37. The first-order valence-corrected chi connectivity index (χ1v) is 4.37. The number of aliphatic hydroxyl groups excluding tert-OH is 1. The molecule has 4 nitrogen and oxygen atoms in total. The molecule has 1 rings (SSSR count). The predicted molar refractivity (Wildman–Crippen MR) is 45.5 cm³/mol. The second kappa shape index (κ2) is 4.42. The minimum Gasteiger partial charge on any atom is -0.395 e. The fraction of sp³-hybridized carbons (Fsp3) is 0.875. The van der Waals surface area contributed by atoms with E-state index in [9.17, 15) is 4.79 Å². The summed E-state index contributed by atoms with van der Waals surface area (Å²) < 4.78 is 0. The van der Waals surface area contributed by atoms with Gasteiger partial charge in [0.05, 0.1) is 6.61 Å². The van der Waals surface area contributed by atoms with Gasteiger partial charge in [-0.05, 0) is 19.4 Å². The molecule has 1 amide bonds. The third-order valence-corrected chi connectivity index (χ3v) is 2.36. The molecule has 1 aliphatic heterocycles. The minimum absolute atomic E-state index is 0.193. The normalized spacial score (nSPS) is 24.6. The Balaban J connectivity index is 2.26. The SMILES string of the molecule is NC(=O)CCN1CCCC1CO. The summed E-state index contributed by atoms with van der Waals surface area (Å²) in [5.74, 6) is -0.265. The summed E-state index contributed by atoms with van der Waals surface area (Å²) in [7, 11) is 0. The third-order valence-electron chi connectivity index (χ3n) is 2.36. The van der Waals surface area contributed by atoms with Crippen LogP contribution in [0.1, 0.15) is 19.3 Å². The van der Waals surface area contributed by atoms with Gasteiger partial charge in [-0.15, -0.1) is 0 Å². The lowest BCUT2D eigenvalue weighted by atomic mass is 10.2. The zero-order valence-electron chi connectivity index (χ0n) is 7.20. The van der Waals surface area contributed by atoms with Crippen LogP contribution in [-0.4, -0.2) is 41.7 Å². The molecule has 1 fully saturated rings. The van der Waals surface area contributed by atoms with Crippen molar-refractivity contribution in [2.24, 2.45) is 5.73 Å². The van der Waals surface area contributed by atoms with Crippen molar-refractivity contribution in [3.8, 4) is 0 Å². The third kappa shape index (κ3) is 2.46. The van der Waals surface area contributed by atoms with E-state index in [4.69, 9.17) is 10.8 Å². The number of nitrogens with zero attached hydrogens (tertiary/aromatic N) is 1. The minimum atomic E-state index is -0.265. The number of hydrogen-bond donors (Lipinski definition) is 2. The Labute approximate surface area is 72.3 Å². The molecule has 12 heavy (non-hydrogen) atoms. The van der Waals surface area contributed by atoms with Gasteiger partial charge in [0.15, 0.2) is 0 Å². The standard InChI is InChI=1S/C8H16N2O2/c9-8(12)3-5-10-4-1-2-7(10)6-11/h7,11H,1-6H2,(H2,9,12). The Kier molecular flexibility index (Phi) is 3.49. The highest BCUT2D eigenvalue weighted by Gasteiger charge is 2.23. The monoisotopic (exact) mass is 172 g/mol. The van der Waals surface area contributed by atoms with Gasteiger partial charge in [-0.3, -0.25) is 9.69 Å². The van der Waals surface area contributed by atoms with Crippen LogP contribution < -0.4 is 5.73 Å². The maximum atomic E-state index is 10.5. The highest BCUT2D eigenvalue weighted by atomic mass is 16.3. The summed E-state index contributed by atoms with van der Waals surface area (Å²) in [6.07, 6.45) is 2.55. The first-order chi connectivity index (χ1) is 5.74. The van der Waals surface area contributed by atoms with E-state index in [0.29, 0.717) is 13.0 Å². The molecular formula is C8H16N2O2. The molecular weight excluding hydrogens is 156 g/mol. The Bertz CT molecular complexity index is 161. The first kappa shape index (κ1) is 9.48. The van der Waals surface area contributed by atoms with E-state index < -0.39 is 0 Å². The van der Waals surface area contributed by atoms with Gasteiger partial charge in [0.25, 0.3) is 0 Å². The molecule has 0 saturated carbocycles. The molecule has 0 spiro atoms.